The summed E-state index contributed by atoms with van der Waals surface area (Å²) in [6.07, 6.45) is 0.00778. The van der Waals surface area contributed by atoms with Gasteiger partial charge >= 0.3 is 5.97 Å². The van der Waals surface area contributed by atoms with E-state index in [1.165, 1.54) is 12.1 Å². The topological polar surface area (TPSA) is 39.2 Å². The molecule has 0 aliphatic heterocycles. The number of carbonyl (C=O) groups excluding carboxylic acids is 1. The van der Waals surface area contributed by atoms with Gasteiger partial charge in [0.25, 0.3) is 0 Å². The first-order valence-corrected chi connectivity index (χ1v) is 4.47. The normalized spacial score (nSPS) is 9.93. The number of ether oxygens (including phenoxy) is 1. The highest BCUT2D eigenvalue weighted by Gasteiger charge is 2.07. The fraction of sp³-hybridized carbons (Fsp3) is 0.333. The number of aromatic nitrogens is 1. The Bertz CT molecular complexity index is 344. The number of rotatable bonds is 3. The van der Waals surface area contributed by atoms with Crippen LogP contribution in [0.5, 0.6) is 0 Å². The van der Waals surface area contributed by atoms with Crippen LogP contribution in [0, 0.1) is 5.82 Å². The summed E-state index contributed by atoms with van der Waals surface area (Å²) in [7, 11) is 0. The average molecular weight is 218 g/mol. The smallest absolute Gasteiger partial charge is 0.311 e. The lowest BCUT2D eigenvalue weighted by atomic mass is 10.3. The van der Waals surface area contributed by atoms with E-state index >= 15 is 0 Å². The van der Waals surface area contributed by atoms with E-state index in [1.807, 2.05) is 0 Å². The van der Waals surface area contributed by atoms with Crippen molar-refractivity contribution in [2.24, 2.45) is 0 Å². The maximum absolute atomic E-state index is 12.7. The number of carbonyl (C=O) groups is 1. The van der Waals surface area contributed by atoms with Crippen LogP contribution in [0.2, 0.25) is 5.15 Å². The summed E-state index contributed by atoms with van der Waals surface area (Å²) < 4.78 is 17.4. The molecule has 1 rings (SSSR count). The van der Waals surface area contributed by atoms with Gasteiger partial charge in [-0.3, -0.25) is 4.79 Å². The van der Waals surface area contributed by atoms with E-state index in [0.717, 1.165) is 0 Å². The number of pyridine rings is 1. The van der Waals surface area contributed by atoms with Crippen LogP contribution in [-0.2, 0) is 16.0 Å². The molecule has 0 bridgehead atoms. The van der Waals surface area contributed by atoms with Crippen molar-refractivity contribution in [3.05, 3.63) is 28.8 Å². The van der Waals surface area contributed by atoms with Crippen LogP contribution in [0.25, 0.3) is 0 Å². The second-order valence-corrected chi connectivity index (χ2v) is 2.92. The third-order valence-corrected chi connectivity index (χ3v) is 1.76. The van der Waals surface area contributed by atoms with Gasteiger partial charge in [0, 0.05) is 0 Å². The summed E-state index contributed by atoms with van der Waals surface area (Å²) >= 11 is 5.44. The molecule has 0 atom stereocenters. The summed E-state index contributed by atoms with van der Waals surface area (Å²) in [4.78, 5) is 14.7. The lowest BCUT2D eigenvalue weighted by Crippen LogP contribution is -2.08. The summed E-state index contributed by atoms with van der Waals surface area (Å²) in [5.74, 6) is -0.998. The van der Waals surface area contributed by atoms with Crippen LogP contribution in [0.4, 0.5) is 4.39 Å². The summed E-state index contributed by atoms with van der Waals surface area (Å²) in [6.45, 7) is 2.02. The molecule has 0 aliphatic rings. The molecule has 0 aromatic carbocycles. The summed E-state index contributed by atoms with van der Waals surface area (Å²) in [5, 5.41) is -0.230. The van der Waals surface area contributed by atoms with Gasteiger partial charge < -0.3 is 4.74 Å². The zero-order valence-electron chi connectivity index (χ0n) is 7.59. The Hall–Kier alpha value is -1.16. The SMILES string of the molecule is CCOC(=O)Cc1ccc(F)c(Cl)n1. The van der Waals surface area contributed by atoms with Crippen molar-refractivity contribution in [1.82, 2.24) is 4.98 Å². The van der Waals surface area contributed by atoms with E-state index < -0.39 is 11.8 Å². The quantitative estimate of drug-likeness (QED) is 0.574. The van der Waals surface area contributed by atoms with Crippen molar-refractivity contribution < 1.29 is 13.9 Å². The van der Waals surface area contributed by atoms with Gasteiger partial charge in [0.2, 0.25) is 0 Å². The Kier molecular flexibility index (Phi) is 3.83. The average Bonchev–Trinajstić information content (AvgIpc) is 2.12. The molecule has 5 heteroatoms. The highest BCUT2D eigenvalue weighted by atomic mass is 35.5. The number of hydrogen-bond acceptors (Lipinski definition) is 3. The lowest BCUT2D eigenvalue weighted by Gasteiger charge is -2.01. The monoisotopic (exact) mass is 217 g/mol. The molecule has 1 heterocycles. The van der Waals surface area contributed by atoms with Gasteiger partial charge in [0.1, 0.15) is 0 Å². The summed E-state index contributed by atoms with van der Waals surface area (Å²) in [5.41, 5.74) is 0.398. The molecule has 1 aromatic heterocycles. The molecule has 1 aromatic rings. The van der Waals surface area contributed by atoms with Crippen LogP contribution in [0.3, 0.4) is 0 Å². The van der Waals surface area contributed by atoms with Crippen LogP contribution < -0.4 is 0 Å². The van der Waals surface area contributed by atoms with Crippen LogP contribution >= 0.6 is 11.6 Å². The molecule has 14 heavy (non-hydrogen) atoms. The number of halogens is 2. The molecule has 0 unspecified atom stereocenters. The predicted octanol–water partition coefficient (Wildman–Crippen LogP) is 1.98. The zero-order chi connectivity index (χ0) is 10.6. The number of hydrogen-bond donors (Lipinski definition) is 0. The minimum absolute atomic E-state index is 0.00778. The van der Waals surface area contributed by atoms with Crippen molar-refractivity contribution >= 4 is 17.6 Å². The summed E-state index contributed by atoms with van der Waals surface area (Å²) in [6, 6.07) is 2.57. The van der Waals surface area contributed by atoms with Crippen molar-refractivity contribution in [3.63, 3.8) is 0 Å². The van der Waals surface area contributed by atoms with Crippen molar-refractivity contribution in [2.75, 3.05) is 6.61 Å². The molecular weight excluding hydrogens is 209 g/mol. The molecule has 0 aliphatic carbocycles. The van der Waals surface area contributed by atoms with Crippen LogP contribution in [-0.4, -0.2) is 17.6 Å². The van der Waals surface area contributed by atoms with Crippen LogP contribution in [0.15, 0.2) is 12.1 Å². The Morgan fingerprint density at radius 2 is 2.36 bits per heavy atom. The van der Waals surface area contributed by atoms with Crippen LogP contribution in [0.1, 0.15) is 12.6 Å². The third kappa shape index (κ3) is 2.96. The Morgan fingerprint density at radius 3 is 2.93 bits per heavy atom. The molecule has 0 radical (unpaired) electrons. The molecule has 76 valence electrons. The minimum atomic E-state index is -0.598. The standard InChI is InChI=1S/C9H9ClFNO2/c1-2-14-8(13)5-6-3-4-7(11)9(10)12-6/h3-4H,2,5H2,1H3. The molecule has 0 saturated carbocycles. The number of nitrogens with zero attached hydrogens (tertiary/aromatic N) is 1. The maximum atomic E-state index is 12.7. The molecule has 0 N–H and O–H groups in total. The molecule has 0 amide bonds. The van der Waals surface area contributed by atoms with E-state index in [0.29, 0.717) is 12.3 Å². The molecule has 0 spiro atoms. The minimum Gasteiger partial charge on any atom is -0.466 e. The van der Waals surface area contributed by atoms with Gasteiger partial charge in [-0.05, 0) is 19.1 Å². The van der Waals surface area contributed by atoms with E-state index in [-0.39, 0.29) is 11.6 Å². The Labute approximate surface area is 85.9 Å². The second-order valence-electron chi connectivity index (χ2n) is 2.56. The van der Waals surface area contributed by atoms with Crippen molar-refractivity contribution in [1.29, 1.82) is 0 Å². The first-order valence-electron chi connectivity index (χ1n) is 4.10. The predicted molar refractivity (Wildman–Crippen MR) is 49.5 cm³/mol. The van der Waals surface area contributed by atoms with Gasteiger partial charge in [-0.2, -0.15) is 0 Å². The van der Waals surface area contributed by atoms with Crippen molar-refractivity contribution in [3.8, 4) is 0 Å². The van der Waals surface area contributed by atoms with E-state index in [1.54, 1.807) is 6.92 Å². The zero-order valence-corrected chi connectivity index (χ0v) is 8.34. The Balaban J connectivity index is 2.68. The lowest BCUT2D eigenvalue weighted by molar-refractivity contribution is -0.142. The molecule has 0 fully saturated rings. The highest BCUT2D eigenvalue weighted by Crippen LogP contribution is 2.11. The largest absolute Gasteiger partial charge is 0.466 e. The fourth-order valence-corrected chi connectivity index (χ4v) is 1.08. The molecular formula is C9H9ClFNO2. The molecule has 0 saturated heterocycles. The highest BCUT2D eigenvalue weighted by molar-refractivity contribution is 6.29. The van der Waals surface area contributed by atoms with Gasteiger partial charge in [-0.1, -0.05) is 11.6 Å². The first-order chi connectivity index (χ1) is 6.63. The number of esters is 1. The Morgan fingerprint density at radius 1 is 1.64 bits per heavy atom. The van der Waals surface area contributed by atoms with E-state index in [4.69, 9.17) is 16.3 Å². The van der Waals surface area contributed by atoms with Gasteiger partial charge in [0.05, 0.1) is 18.7 Å². The fourth-order valence-electron chi connectivity index (χ4n) is 0.913. The van der Waals surface area contributed by atoms with Crippen molar-refractivity contribution in [2.45, 2.75) is 13.3 Å². The maximum Gasteiger partial charge on any atom is 0.311 e. The first kappa shape index (κ1) is 10.9. The van der Waals surface area contributed by atoms with Gasteiger partial charge in [-0.15, -0.1) is 0 Å². The van der Waals surface area contributed by atoms with Gasteiger partial charge in [0.15, 0.2) is 11.0 Å². The third-order valence-electron chi connectivity index (χ3n) is 1.49. The molecule has 3 nitrogen and oxygen atoms in total. The van der Waals surface area contributed by atoms with E-state index in [9.17, 15) is 9.18 Å². The van der Waals surface area contributed by atoms with Gasteiger partial charge in [-0.25, -0.2) is 9.37 Å². The second kappa shape index (κ2) is 4.91. The van der Waals surface area contributed by atoms with E-state index in [2.05, 4.69) is 4.98 Å².